The van der Waals surface area contributed by atoms with Gasteiger partial charge in [0.1, 0.15) is 5.69 Å². The average Bonchev–Trinajstić information content (AvgIpc) is 4.40. The SMILES string of the molecule is C1=Cc2c(c3ccccc3n2-c2nc(-n3c4ccccc4c4ccccc43)c(-n3c4c(c5ccccc53)CCC=C4)c(-n3c4ccccc4c4ccccc43)c2-c2cc(-c3ccccc3)cc(-c3ccccc3)n2)CC1. The Morgan fingerprint density at radius 3 is 1.24 bits per heavy atom. The molecule has 8 aromatic carbocycles. The number of benzene rings is 8. The molecule has 358 valence electrons. The minimum absolute atomic E-state index is 0.805. The molecule has 0 saturated heterocycles. The number of allylic oxidation sites excluding steroid dienone is 2. The van der Waals surface area contributed by atoms with Crippen LogP contribution in [-0.4, -0.2) is 28.2 Å². The Kier molecular flexibility index (Phi) is 9.49. The number of fused-ring (bicyclic) bond motifs is 12. The molecular weight excluding hydrogens is 925 g/mol. The van der Waals surface area contributed by atoms with Gasteiger partial charge in [0, 0.05) is 43.6 Å². The Bertz CT molecular complexity index is 4590. The molecule has 6 heteroatoms. The molecule has 76 heavy (non-hydrogen) atoms. The van der Waals surface area contributed by atoms with Crippen LogP contribution in [0.4, 0.5) is 0 Å². The van der Waals surface area contributed by atoms with Crippen LogP contribution in [-0.2, 0) is 12.8 Å². The molecule has 0 spiro atoms. The van der Waals surface area contributed by atoms with E-state index in [2.05, 4.69) is 261 Å². The van der Waals surface area contributed by atoms with E-state index in [0.29, 0.717) is 0 Å². The number of hydrogen-bond acceptors (Lipinski definition) is 2. The van der Waals surface area contributed by atoms with Crippen LogP contribution in [0, 0.1) is 0 Å². The van der Waals surface area contributed by atoms with Crippen molar-refractivity contribution in [3.63, 3.8) is 0 Å². The minimum atomic E-state index is 0.805. The molecular formula is C70H48N6. The summed E-state index contributed by atoms with van der Waals surface area (Å²) in [5, 5.41) is 7.18. The van der Waals surface area contributed by atoms with Crippen LogP contribution in [0.3, 0.4) is 0 Å². The third kappa shape index (κ3) is 6.28. The van der Waals surface area contributed by atoms with Crippen LogP contribution in [0.2, 0.25) is 0 Å². The summed E-state index contributed by atoms with van der Waals surface area (Å²) in [6.07, 6.45) is 13.2. The lowest BCUT2D eigenvalue weighted by molar-refractivity contribution is 0.912. The number of aryl methyl sites for hydroxylation is 2. The molecule has 6 aromatic heterocycles. The first-order valence-corrected chi connectivity index (χ1v) is 26.5. The molecule has 6 nitrogen and oxygen atoms in total. The highest BCUT2D eigenvalue weighted by Gasteiger charge is 2.35. The van der Waals surface area contributed by atoms with Gasteiger partial charge in [0.15, 0.2) is 11.6 Å². The lowest BCUT2D eigenvalue weighted by atomic mass is 9.98. The minimum Gasteiger partial charge on any atom is -0.306 e. The lowest BCUT2D eigenvalue weighted by Crippen LogP contribution is -2.18. The summed E-state index contributed by atoms with van der Waals surface area (Å²) in [5.74, 6) is 1.63. The predicted molar refractivity (Wildman–Crippen MR) is 315 cm³/mol. The molecule has 16 rings (SSSR count). The number of rotatable bonds is 7. The molecule has 0 radical (unpaired) electrons. The van der Waals surface area contributed by atoms with E-state index in [1.807, 2.05) is 0 Å². The van der Waals surface area contributed by atoms with Gasteiger partial charge in [0.25, 0.3) is 0 Å². The number of hydrogen-bond donors (Lipinski definition) is 0. The van der Waals surface area contributed by atoms with E-state index in [4.69, 9.17) is 9.97 Å². The second kappa shape index (κ2) is 16.9. The van der Waals surface area contributed by atoms with Crippen molar-refractivity contribution in [3.8, 4) is 56.7 Å². The molecule has 0 bridgehead atoms. The van der Waals surface area contributed by atoms with Gasteiger partial charge in [0.2, 0.25) is 0 Å². The van der Waals surface area contributed by atoms with Gasteiger partial charge in [0.05, 0.1) is 61.4 Å². The standard InChI is InChI=1S/C70H48N6/c1-3-23-45(24-4-1)47-43-56(46-25-5-2-6-26-46)71-57(44-47)66-67(73-58-35-15-7-27-48(58)49-28-8-16-36-59(49)73)68(74-60-37-17-9-29-50(60)51-30-10-18-38-61(51)74)70(76-64-41-21-13-33-54(64)55-34-14-22-42-65(55)76)72-69(66)75-62-39-19-11-31-52(62)53-32-12-20-40-63(53)75/h1-9,11,13-29,31,33-44H,10,12,30,32H2. The van der Waals surface area contributed by atoms with Gasteiger partial charge in [-0.25, -0.2) is 9.97 Å². The fourth-order valence-electron chi connectivity index (χ4n) is 12.9. The summed E-state index contributed by atoms with van der Waals surface area (Å²) < 4.78 is 10.0. The maximum absolute atomic E-state index is 6.43. The summed E-state index contributed by atoms with van der Waals surface area (Å²) in [5.41, 5.74) is 19.4. The van der Waals surface area contributed by atoms with Crippen molar-refractivity contribution in [1.29, 1.82) is 0 Å². The second-order valence-corrected chi connectivity index (χ2v) is 20.2. The van der Waals surface area contributed by atoms with E-state index >= 15 is 0 Å². The lowest BCUT2D eigenvalue weighted by Gasteiger charge is -2.27. The van der Waals surface area contributed by atoms with Crippen LogP contribution in [0.1, 0.15) is 35.4 Å². The molecule has 0 aliphatic heterocycles. The Hall–Kier alpha value is -9.78. The highest BCUT2D eigenvalue weighted by Crippen LogP contribution is 2.49. The van der Waals surface area contributed by atoms with Crippen LogP contribution in [0.25, 0.3) is 134 Å². The van der Waals surface area contributed by atoms with Crippen molar-refractivity contribution in [2.45, 2.75) is 25.7 Å². The highest BCUT2D eigenvalue weighted by molar-refractivity contribution is 6.13. The van der Waals surface area contributed by atoms with Gasteiger partial charge < -0.3 is 9.13 Å². The third-order valence-corrected chi connectivity index (χ3v) is 16.1. The van der Waals surface area contributed by atoms with E-state index in [1.54, 1.807) is 0 Å². The van der Waals surface area contributed by atoms with E-state index < -0.39 is 0 Å². The average molecular weight is 973 g/mol. The van der Waals surface area contributed by atoms with Crippen molar-refractivity contribution in [2.24, 2.45) is 0 Å². The zero-order valence-electron chi connectivity index (χ0n) is 41.6. The van der Waals surface area contributed by atoms with Gasteiger partial charge >= 0.3 is 0 Å². The Balaban J connectivity index is 1.23. The van der Waals surface area contributed by atoms with Gasteiger partial charge in [-0.3, -0.25) is 9.13 Å². The summed E-state index contributed by atoms with van der Waals surface area (Å²) in [7, 11) is 0. The molecule has 0 N–H and O–H groups in total. The van der Waals surface area contributed by atoms with Crippen molar-refractivity contribution < 1.29 is 0 Å². The van der Waals surface area contributed by atoms with Gasteiger partial charge in [-0.2, -0.15) is 0 Å². The monoisotopic (exact) mass is 972 g/mol. The predicted octanol–water partition coefficient (Wildman–Crippen LogP) is 17.5. The van der Waals surface area contributed by atoms with Crippen molar-refractivity contribution in [1.82, 2.24) is 28.2 Å². The fraction of sp³-hybridized carbons (Fsp3) is 0.0571. The van der Waals surface area contributed by atoms with Crippen molar-refractivity contribution in [3.05, 3.63) is 253 Å². The highest BCUT2D eigenvalue weighted by atomic mass is 15.2. The number of aromatic nitrogens is 6. The third-order valence-electron chi connectivity index (χ3n) is 16.1. The largest absolute Gasteiger partial charge is 0.306 e. The quantitative estimate of drug-likeness (QED) is 0.160. The number of pyridine rings is 2. The first kappa shape index (κ1) is 42.7. The maximum Gasteiger partial charge on any atom is 0.166 e. The number of nitrogens with zero attached hydrogens (tertiary/aromatic N) is 6. The van der Waals surface area contributed by atoms with Crippen LogP contribution in [0.5, 0.6) is 0 Å². The zero-order chi connectivity index (χ0) is 49.8. The van der Waals surface area contributed by atoms with E-state index in [9.17, 15) is 0 Å². The second-order valence-electron chi connectivity index (χ2n) is 20.2. The fourth-order valence-corrected chi connectivity index (χ4v) is 12.9. The topological polar surface area (TPSA) is 45.5 Å². The molecule has 0 fully saturated rings. The van der Waals surface area contributed by atoms with E-state index in [0.717, 1.165) is 121 Å². The van der Waals surface area contributed by atoms with Crippen LogP contribution >= 0.6 is 0 Å². The maximum atomic E-state index is 6.43. The molecule has 2 aliphatic rings. The Morgan fingerprint density at radius 1 is 0.303 bits per heavy atom. The van der Waals surface area contributed by atoms with Crippen LogP contribution < -0.4 is 0 Å². The Labute approximate surface area is 439 Å². The summed E-state index contributed by atoms with van der Waals surface area (Å²) in [6, 6.07) is 79.5. The summed E-state index contributed by atoms with van der Waals surface area (Å²) in [6.45, 7) is 0. The molecule has 0 amide bonds. The number of para-hydroxylation sites is 6. The Morgan fingerprint density at radius 2 is 0.711 bits per heavy atom. The van der Waals surface area contributed by atoms with Crippen molar-refractivity contribution in [2.75, 3.05) is 0 Å². The molecule has 6 heterocycles. The molecule has 2 aliphatic carbocycles. The molecule has 0 saturated carbocycles. The van der Waals surface area contributed by atoms with Gasteiger partial charge in [-0.1, -0.05) is 182 Å². The first-order chi connectivity index (χ1) is 37.8. The van der Waals surface area contributed by atoms with Crippen molar-refractivity contribution >= 4 is 77.6 Å². The normalized spacial score (nSPS) is 13.2. The van der Waals surface area contributed by atoms with Gasteiger partial charge in [-0.05, 0) is 109 Å². The van der Waals surface area contributed by atoms with Crippen LogP contribution in [0.15, 0.2) is 231 Å². The molecule has 0 unspecified atom stereocenters. The summed E-state index contributed by atoms with van der Waals surface area (Å²) in [4.78, 5) is 12.4. The van der Waals surface area contributed by atoms with E-state index in [1.165, 1.54) is 49.1 Å². The zero-order valence-corrected chi connectivity index (χ0v) is 41.6. The first-order valence-electron chi connectivity index (χ1n) is 26.5. The summed E-state index contributed by atoms with van der Waals surface area (Å²) >= 11 is 0. The molecule has 0 atom stereocenters. The van der Waals surface area contributed by atoms with E-state index in [-0.39, 0.29) is 0 Å². The molecule has 14 aromatic rings. The smallest absolute Gasteiger partial charge is 0.166 e. The van der Waals surface area contributed by atoms with Gasteiger partial charge in [-0.15, -0.1) is 0 Å².